The van der Waals surface area contributed by atoms with Gasteiger partial charge in [0.1, 0.15) is 0 Å². The number of benzene rings is 1. The lowest BCUT2D eigenvalue weighted by molar-refractivity contribution is -0.151. The Morgan fingerprint density at radius 2 is 1.73 bits per heavy atom. The van der Waals surface area contributed by atoms with Crippen LogP contribution < -0.4 is 11.1 Å². The van der Waals surface area contributed by atoms with Gasteiger partial charge >= 0.3 is 5.97 Å². The maximum Gasteiger partial charge on any atom is 0.310 e. The van der Waals surface area contributed by atoms with E-state index in [0.717, 1.165) is 5.56 Å². The highest BCUT2D eigenvalue weighted by Crippen LogP contribution is 2.19. The molecule has 1 rings (SSSR count). The third-order valence-corrected chi connectivity index (χ3v) is 3.47. The van der Waals surface area contributed by atoms with Crippen molar-refractivity contribution in [2.75, 3.05) is 6.54 Å². The monoisotopic (exact) mass is 306 g/mol. The fourth-order valence-corrected chi connectivity index (χ4v) is 1.97. The second-order valence-corrected chi connectivity index (χ2v) is 5.86. The molecule has 3 unspecified atom stereocenters. The van der Waals surface area contributed by atoms with Gasteiger partial charge in [0.2, 0.25) is 5.91 Å². The Balaban J connectivity index is 2.49. The molecule has 0 aliphatic carbocycles. The van der Waals surface area contributed by atoms with Gasteiger partial charge in [-0.15, -0.1) is 0 Å². The molecule has 1 aromatic rings. The summed E-state index contributed by atoms with van der Waals surface area (Å²) in [5, 5.41) is 2.77. The molecule has 3 atom stereocenters. The zero-order chi connectivity index (χ0) is 16.7. The maximum absolute atomic E-state index is 12.2. The molecular weight excluding hydrogens is 280 g/mol. The number of nitrogens with two attached hydrogens (primary N) is 1. The number of amides is 1. The summed E-state index contributed by atoms with van der Waals surface area (Å²) in [5.74, 6) is -1.24. The minimum atomic E-state index is -0.383. The lowest BCUT2D eigenvalue weighted by Crippen LogP contribution is -2.39. The fraction of sp³-hybridized carbons (Fsp3) is 0.529. The molecule has 5 heteroatoms. The van der Waals surface area contributed by atoms with Gasteiger partial charge in [-0.1, -0.05) is 44.2 Å². The highest BCUT2D eigenvalue weighted by molar-refractivity contribution is 5.80. The van der Waals surface area contributed by atoms with E-state index in [1.807, 2.05) is 30.3 Å². The van der Waals surface area contributed by atoms with Crippen molar-refractivity contribution in [3.05, 3.63) is 35.9 Å². The highest BCUT2D eigenvalue weighted by Gasteiger charge is 2.23. The second kappa shape index (κ2) is 8.54. The number of carbonyl (C=O) groups excluding carboxylic acids is 2. The third-order valence-electron chi connectivity index (χ3n) is 3.47. The molecule has 1 aromatic carbocycles. The van der Waals surface area contributed by atoms with Crippen molar-refractivity contribution < 1.29 is 14.3 Å². The quantitative estimate of drug-likeness (QED) is 0.755. The first-order chi connectivity index (χ1) is 10.3. The van der Waals surface area contributed by atoms with Crippen LogP contribution in [0.25, 0.3) is 0 Å². The number of hydrogen-bond donors (Lipinski definition) is 2. The van der Waals surface area contributed by atoms with Crippen LogP contribution in [0.3, 0.4) is 0 Å². The van der Waals surface area contributed by atoms with E-state index >= 15 is 0 Å². The minimum Gasteiger partial charge on any atom is -0.463 e. The molecule has 0 fully saturated rings. The van der Waals surface area contributed by atoms with Gasteiger partial charge in [0.25, 0.3) is 0 Å². The fourth-order valence-electron chi connectivity index (χ4n) is 1.97. The summed E-state index contributed by atoms with van der Waals surface area (Å²) < 4.78 is 5.11. The molecule has 5 nitrogen and oxygen atoms in total. The number of esters is 1. The zero-order valence-corrected chi connectivity index (χ0v) is 13.7. The van der Waals surface area contributed by atoms with Crippen LogP contribution in [0.5, 0.6) is 0 Å². The highest BCUT2D eigenvalue weighted by atomic mass is 16.5. The van der Waals surface area contributed by atoms with E-state index in [-0.39, 0.29) is 42.4 Å². The van der Waals surface area contributed by atoms with E-state index in [4.69, 9.17) is 10.5 Å². The average Bonchev–Trinajstić information content (AvgIpc) is 2.50. The van der Waals surface area contributed by atoms with E-state index in [1.165, 1.54) is 0 Å². The number of ether oxygens (including phenoxy) is 1. The molecule has 0 saturated heterocycles. The van der Waals surface area contributed by atoms with Crippen LogP contribution >= 0.6 is 0 Å². The van der Waals surface area contributed by atoms with Crippen molar-refractivity contribution in [2.45, 2.75) is 39.8 Å². The summed E-state index contributed by atoms with van der Waals surface area (Å²) in [6.45, 7) is 7.35. The summed E-state index contributed by atoms with van der Waals surface area (Å²) in [6.07, 6.45) is -0.156. The predicted molar refractivity (Wildman–Crippen MR) is 85.9 cm³/mol. The third kappa shape index (κ3) is 5.48. The molecule has 22 heavy (non-hydrogen) atoms. The molecule has 0 saturated carbocycles. The van der Waals surface area contributed by atoms with Crippen LogP contribution in [0, 0.1) is 11.8 Å². The molecule has 0 aromatic heterocycles. The van der Waals surface area contributed by atoms with Crippen LogP contribution in [0.2, 0.25) is 0 Å². The van der Waals surface area contributed by atoms with Crippen LogP contribution in [0.1, 0.15) is 39.3 Å². The first-order valence-corrected chi connectivity index (χ1v) is 7.61. The summed E-state index contributed by atoms with van der Waals surface area (Å²) >= 11 is 0. The number of rotatable bonds is 7. The number of carbonyl (C=O) groups is 2. The van der Waals surface area contributed by atoms with E-state index in [1.54, 1.807) is 27.7 Å². The SMILES string of the molecule is CC(C)OC(=O)C(C)CNC(=O)C(C)C(N)c1ccccc1. The van der Waals surface area contributed by atoms with Crippen molar-refractivity contribution in [2.24, 2.45) is 17.6 Å². The maximum atomic E-state index is 12.2. The Labute approximate surface area is 132 Å². The van der Waals surface area contributed by atoms with Gasteiger partial charge in [-0.25, -0.2) is 0 Å². The van der Waals surface area contributed by atoms with Gasteiger partial charge in [-0.05, 0) is 19.4 Å². The zero-order valence-electron chi connectivity index (χ0n) is 13.7. The van der Waals surface area contributed by atoms with E-state index in [2.05, 4.69) is 5.32 Å². The molecule has 0 aliphatic heterocycles. The molecule has 0 bridgehead atoms. The van der Waals surface area contributed by atoms with Crippen molar-refractivity contribution in [1.82, 2.24) is 5.32 Å². The molecule has 0 heterocycles. The first kappa shape index (κ1) is 18.2. The van der Waals surface area contributed by atoms with Gasteiger partial charge in [-0.3, -0.25) is 9.59 Å². The van der Waals surface area contributed by atoms with Crippen LogP contribution in [0.4, 0.5) is 0 Å². The van der Waals surface area contributed by atoms with Crippen LogP contribution in [-0.4, -0.2) is 24.5 Å². The van der Waals surface area contributed by atoms with Crippen molar-refractivity contribution in [1.29, 1.82) is 0 Å². The molecular formula is C17H26N2O3. The predicted octanol–water partition coefficient (Wildman–Crippen LogP) is 2.03. The lowest BCUT2D eigenvalue weighted by Gasteiger charge is -2.21. The second-order valence-electron chi connectivity index (χ2n) is 5.86. The number of nitrogens with one attached hydrogen (secondary N) is 1. The van der Waals surface area contributed by atoms with E-state index in [0.29, 0.717) is 0 Å². The van der Waals surface area contributed by atoms with Gasteiger partial charge in [-0.2, -0.15) is 0 Å². The molecule has 0 radical (unpaired) electrons. The van der Waals surface area contributed by atoms with Crippen LogP contribution in [-0.2, 0) is 14.3 Å². The Morgan fingerprint density at radius 3 is 2.27 bits per heavy atom. The Bertz CT molecular complexity index is 488. The Hall–Kier alpha value is -1.88. The molecule has 0 aliphatic rings. The molecule has 0 spiro atoms. The Morgan fingerprint density at radius 1 is 1.14 bits per heavy atom. The molecule has 1 amide bonds. The van der Waals surface area contributed by atoms with E-state index in [9.17, 15) is 9.59 Å². The summed E-state index contributed by atoms with van der Waals surface area (Å²) in [6, 6.07) is 9.12. The molecule has 122 valence electrons. The van der Waals surface area contributed by atoms with Crippen molar-refractivity contribution in [3.63, 3.8) is 0 Å². The van der Waals surface area contributed by atoms with Crippen molar-refractivity contribution in [3.8, 4) is 0 Å². The van der Waals surface area contributed by atoms with Gasteiger partial charge < -0.3 is 15.8 Å². The largest absolute Gasteiger partial charge is 0.463 e. The summed E-state index contributed by atoms with van der Waals surface area (Å²) in [4.78, 5) is 23.9. The number of hydrogen-bond acceptors (Lipinski definition) is 4. The average molecular weight is 306 g/mol. The first-order valence-electron chi connectivity index (χ1n) is 7.61. The van der Waals surface area contributed by atoms with Gasteiger partial charge in [0.15, 0.2) is 0 Å². The van der Waals surface area contributed by atoms with E-state index < -0.39 is 0 Å². The van der Waals surface area contributed by atoms with Gasteiger partial charge in [0.05, 0.1) is 17.9 Å². The Kier molecular flexibility index (Phi) is 7.05. The molecule has 3 N–H and O–H groups in total. The van der Waals surface area contributed by atoms with Gasteiger partial charge in [0, 0.05) is 12.6 Å². The topological polar surface area (TPSA) is 81.4 Å². The minimum absolute atomic E-state index is 0.156. The smallest absolute Gasteiger partial charge is 0.310 e. The lowest BCUT2D eigenvalue weighted by atomic mass is 9.94. The van der Waals surface area contributed by atoms with Crippen molar-refractivity contribution >= 4 is 11.9 Å². The van der Waals surface area contributed by atoms with Crippen LogP contribution in [0.15, 0.2) is 30.3 Å². The summed E-state index contributed by atoms with van der Waals surface area (Å²) in [7, 11) is 0. The standard InChI is InChI=1S/C17H26N2O3/c1-11(2)22-17(21)12(3)10-19-16(20)13(4)15(18)14-8-6-5-7-9-14/h5-9,11-13,15H,10,18H2,1-4H3,(H,19,20). The summed E-state index contributed by atoms with van der Waals surface area (Å²) in [5.41, 5.74) is 7.03. The normalized spacial score (nSPS) is 15.0.